The highest BCUT2D eigenvalue weighted by atomic mass is 32.1. The van der Waals surface area contributed by atoms with Crippen LogP contribution in [-0.2, 0) is 11.2 Å². The molecule has 1 aliphatic heterocycles. The number of fused-ring (bicyclic) bond motifs is 1. The molecule has 0 amide bonds. The van der Waals surface area contributed by atoms with E-state index in [1.54, 1.807) is 11.3 Å². The van der Waals surface area contributed by atoms with Gasteiger partial charge in [0.15, 0.2) is 0 Å². The van der Waals surface area contributed by atoms with Gasteiger partial charge in [-0.3, -0.25) is 0 Å². The minimum atomic E-state index is 0.281. The summed E-state index contributed by atoms with van der Waals surface area (Å²) in [5, 5.41) is 9.97. The zero-order chi connectivity index (χ0) is 16.9. The summed E-state index contributed by atoms with van der Waals surface area (Å²) in [5.74, 6) is 1.55. The first-order chi connectivity index (χ1) is 12.4. The van der Waals surface area contributed by atoms with Crippen LogP contribution < -0.4 is 10.6 Å². The van der Waals surface area contributed by atoms with Crippen LogP contribution in [-0.4, -0.2) is 35.8 Å². The summed E-state index contributed by atoms with van der Waals surface area (Å²) in [6.07, 6.45) is 3.52. The largest absolute Gasteiger partial charge is 0.376 e. The SMILES string of the molecule is c1csc(CCNc2nc(NC[C@@H]3CCCO3)c3ccccc3n2)c1. The molecule has 0 saturated carbocycles. The fourth-order valence-electron chi connectivity index (χ4n) is 3.06. The van der Waals surface area contributed by atoms with Crippen LogP contribution in [0, 0.1) is 0 Å². The van der Waals surface area contributed by atoms with Crippen LogP contribution in [0.2, 0.25) is 0 Å². The molecule has 2 aromatic heterocycles. The maximum Gasteiger partial charge on any atom is 0.225 e. The molecule has 0 unspecified atom stereocenters. The van der Waals surface area contributed by atoms with E-state index in [2.05, 4.69) is 39.2 Å². The van der Waals surface area contributed by atoms with E-state index in [1.165, 1.54) is 4.88 Å². The fourth-order valence-corrected chi connectivity index (χ4v) is 3.77. The lowest BCUT2D eigenvalue weighted by atomic mass is 10.2. The monoisotopic (exact) mass is 354 g/mol. The van der Waals surface area contributed by atoms with Gasteiger partial charge in [-0.1, -0.05) is 18.2 Å². The highest BCUT2D eigenvalue weighted by Gasteiger charge is 2.16. The summed E-state index contributed by atoms with van der Waals surface area (Å²) in [4.78, 5) is 10.7. The Labute approximate surface area is 151 Å². The Balaban J connectivity index is 1.48. The average molecular weight is 354 g/mol. The van der Waals surface area contributed by atoms with Crippen molar-refractivity contribution in [3.63, 3.8) is 0 Å². The Morgan fingerprint density at radius 3 is 2.92 bits per heavy atom. The number of thiophene rings is 1. The van der Waals surface area contributed by atoms with Crippen LogP contribution in [0.5, 0.6) is 0 Å². The molecule has 3 aromatic rings. The molecular formula is C19H22N4OS. The number of anilines is 2. The number of aromatic nitrogens is 2. The topological polar surface area (TPSA) is 59.1 Å². The number of nitrogens with one attached hydrogen (secondary N) is 2. The molecule has 1 aliphatic rings. The van der Waals surface area contributed by atoms with Gasteiger partial charge < -0.3 is 15.4 Å². The molecule has 0 spiro atoms. The summed E-state index contributed by atoms with van der Waals surface area (Å²) in [6, 6.07) is 12.4. The predicted octanol–water partition coefficient (Wildman–Crippen LogP) is 3.94. The summed E-state index contributed by atoms with van der Waals surface area (Å²) < 4.78 is 5.70. The van der Waals surface area contributed by atoms with E-state index in [0.29, 0.717) is 5.95 Å². The van der Waals surface area contributed by atoms with Gasteiger partial charge in [0.25, 0.3) is 0 Å². The molecule has 1 aromatic carbocycles. The van der Waals surface area contributed by atoms with Crippen LogP contribution in [0.15, 0.2) is 41.8 Å². The van der Waals surface area contributed by atoms with Crippen molar-refractivity contribution in [1.29, 1.82) is 0 Å². The van der Waals surface area contributed by atoms with Gasteiger partial charge in [0.1, 0.15) is 5.82 Å². The van der Waals surface area contributed by atoms with E-state index in [9.17, 15) is 0 Å². The molecule has 5 nitrogen and oxygen atoms in total. The van der Waals surface area contributed by atoms with E-state index in [4.69, 9.17) is 9.72 Å². The molecule has 1 fully saturated rings. The van der Waals surface area contributed by atoms with E-state index >= 15 is 0 Å². The first-order valence-electron chi connectivity index (χ1n) is 8.77. The zero-order valence-electron chi connectivity index (χ0n) is 14.1. The molecule has 25 heavy (non-hydrogen) atoms. The van der Waals surface area contributed by atoms with Crippen molar-refractivity contribution in [2.75, 3.05) is 30.3 Å². The van der Waals surface area contributed by atoms with E-state index < -0.39 is 0 Å². The van der Waals surface area contributed by atoms with Crippen LogP contribution in [0.25, 0.3) is 10.9 Å². The number of benzene rings is 1. The number of hydrogen-bond donors (Lipinski definition) is 2. The Hall–Kier alpha value is -2.18. The molecule has 4 rings (SSSR count). The number of hydrogen-bond acceptors (Lipinski definition) is 6. The van der Waals surface area contributed by atoms with Crippen LogP contribution in [0.3, 0.4) is 0 Å². The molecule has 0 bridgehead atoms. The molecule has 3 heterocycles. The van der Waals surface area contributed by atoms with Crippen LogP contribution >= 0.6 is 11.3 Å². The lowest BCUT2D eigenvalue weighted by molar-refractivity contribution is 0.120. The Kier molecular flexibility index (Phi) is 5.09. The molecule has 1 atom stereocenters. The van der Waals surface area contributed by atoms with Gasteiger partial charge in [-0.05, 0) is 42.8 Å². The molecule has 130 valence electrons. The number of ether oxygens (including phenoxy) is 1. The molecule has 6 heteroatoms. The minimum absolute atomic E-state index is 0.281. The van der Waals surface area contributed by atoms with Crippen molar-refractivity contribution in [2.45, 2.75) is 25.4 Å². The van der Waals surface area contributed by atoms with Crippen molar-refractivity contribution in [3.05, 3.63) is 46.7 Å². The Bertz CT molecular complexity index is 815. The van der Waals surface area contributed by atoms with Crippen molar-refractivity contribution >= 4 is 34.0 Å². The van der Waals surface area contributed by atoms with Crippen LogP contribution in [0.4, 0.5) is 11.8 Å². The Morgan fingerprint density at radius 2 is 2.08 bits per heavy atom. The first kappa shape index (κ1) is 16.3. The third kappa shape index (κ3) is 4.08. The highest BCUT2D eigenvalue weighted by Crippen LogP contribution is 2.23. The van der Waals surface area contributed by atoms with Crippen molar-refractivity contribution in [2.24, 2.45) is 0 Å². The normalized spacial score (nSPS) is 17.0. The number of nitrogens with zero attached hydrogens (tertiary/aromatic N) is 2. The third-order valence-electron chi connectivity index (χ3n) is 4.36. The maximum absolute atomic E-state index is 5.70. The second-order valence-corrected chi connectivity index (χ2v) is 7.22. The minimum Gasteiger partial charge on any atom is -0.376 e. The van der Waals surface area contributed by atoms with Crippen LogP contribution in [0.1, 0.15) is 17.7 Å². The smallest absolute Gasteiger partial charge is 0.225 e. The van der Waals surface area contributed by atoms with Crippen molar-refractivity contribution < 1.29 is 4.74 Å². The molecule has 1 saturated heterocycles. The first-order valence-corrected chi connectivity index (χ1v) is 9.65. The van der Waals surface area contributed by atoms with Gasteiger partial charge in [0, 0.05) is 30.0 Å². The standard InChI is InChI=1S/C19H22N4OS/c1-2-8-17-16(7-1)18(21-13-14-5-3-11-24-14)23-19(22-17)20-10-9-15-6-4-12-25-15/h1-2,4,6-8,12,14H,3,5,9-11,13H2,(H2,20,21,22,23)/t14-/m0/s1. The van der Waals surface area contributed by atoms with Crippen molar-refractivity contribution in [1.82, 2.24) is 9.97 Å². The molecule has 2 N–H and O–H groups in total. The quantitative estimate of drug-likeness (QED) is 0.673. The van der Waals surface area contributed by atoms with Gasteiger partial charge in [-0.25, -0.2) is 4.98 Å². The van der Waals surface area contributed by atoms with Gasteiger partial charge >= 0.3 is 0 Å². The maximum atomic E-state index is 5.70. The zero-order valence-corrected chi connectivity index (χ0v) is 14.9. The van der Waals surface area contributed by atoms with Gasteiger partial charge in [0.2, 0.25) is 5.95 Å². The van der Waals surface area contributed by atoms with Gasteiger partial charge in [0.05, 0.1) is 11.6 Å². The van der Waals surface area contributed by atoms with Crippen molar-refractivity contribution in [3.8, 4) is 0 Å². The summed E-state index contributed by atoms with van der Waals surface area (Å²) in [7, 11) is 0. The third-order valence-corrected chi connectivity index (χ3v) is 5.30. The number of rotatable bonds is 7. The Morgan fingerprint density at radius 1 is 1.12 bits per heavy atom. The molecule has 0 aliphatic carbocycles. The number of para-hydroxylation sites is 1. The summed E-state index contributed by atoms with van der Waals surface area (Å²) in [6.45, 7) is 2.48. The highest BCUT2D eigenvalue weighted by molar-refractivity contribution is 7.09. The molecular weight excluding hydrogens is 332 g/mol. The molecule has 0 radical (unpaired) electrons. The lowest BCUT2D eigenvalue weighted by Crippen LogP contribution is -2.19. The van der Waals surface area contributed by atoms with E-state index in [1.807, 2.05) is 18.2 Å². The average Bonchev–Trinajstić information content (AvgIpc) is 3.33. The van der Waals surface area contributed by atoms with E-state index in [0.717, 1.165) is 55.7 Å². The fraction of sp³-hybridized carbons (Fsp3) is 0.368. The summed E-state index contributed by atoms with van der Waals surface area (Å²) >= 11 is 1.78. The van der Waals surface area contributed by atoms with E-state index in [-0.39, 0.29) is 6.10 Å². The lowest BCUT2D eigenvalue weighted by Gasteiger charge is -2.14. The summed E-state index contributed by atoms with van der Waals surface area (Å²) in [5.41, 5.74) is 0.950. The van der Waals surface area contributed by atoms with Gasteiger partial charge in [-0.2, -0.15) is 4.98 Å². The second-order valence-electron chi connectivity index (χ2n) is 6.19. The van der Waals surface area contributed by atoms with Gasteiger partial charge in [-0.15, -0.1) is 11.3 Å². The second kappa shape index (κ2) is 7.80. The predicted molar refractivity (Wildman–Crippen MR) is 104 cm³/mol.